The molecule has 0 aliphatic heterocycles. The van der Waals surface area contributed by atoms with Gasteiger partial charge in [-0.3, -0.25) is 10.1 Å². The summed E-state index contributed by atoms with van der Waals surface area (Å²) in [5.74, 6) is 3.90. The molecule has 0 amide bonds. The van der Waals surface area contributed by atoms with E-state index in [1.807, 2.05) is 23.9 Å². The number of H-pyrrole nitrogens is 1. The molecule has 2 aromatic heterocycles. The van der Waals surface area contributed by atoms with Gasteiger partial charge < -0.3 is 15.1 Å². The number of rotatable bonds is 8. The van der Waals surface area contributed by atoms with E-state index in [1.165, 1.54) is 12.2 Å². The summed E-state index contributed by atoms with van der Waals surface area (Å²) in [6.07, 6.45) is 6.07. The molecule has 3 N–H and O–H groups in total. The van der Waals surface area contributed by atoms with Crippen molar-refractivity contribution in [3.05, 3.63) is 24.2 Å². The van der Waals surface area contributed by atoms with Crippen molar-refractivity contribution in [2.75, 3.05) is 25.6 Å². The molecule has 0 radical (unpaired) electrons. The third-order valence-electron chi connectivity index (χ3n) is 2.99. The minimum atomic E-state index is 0. The average Bonchev–Trinajstić information content (AvgIpc) is 3.20. The van der Waals surface area contributed by atoms with Crippen LogP contribution in [0.15, 0.2) is 27.8 Å². The number of nitrogens with one attached hydrogen (secondary N) is 3. The standard InChI is InChI=1S/C14H22N6OS.HI/c1-15-14(16-7-3-4-9-22-2)17-10-12-18-13(20-19-12)11-6-5-8-21-11;/h5-6,8H,3-4,7,9-10H2,1-2H3,(H2,15,16,17)(H,18,19,20);1H. The van der Waals surface area contributed by atoms with Crippen molar-refractivity contribution < 1.29 is 4.42 Å². The van der Waals surface area contributed by atoms with Crippen LogP contribution in [-0.2, 0) is 6.54 Å². The molecule has 2 rings (SSSR count). The van der Waals surface area contributed by atoms with E-state index < -0.39 is 0 Å². The highest BCUT2D eigenvalue weighted by atomic mass is 127. The lowest BCUT2D eigenvalue weighted by atomic mass is 10.3. The molecule has 7 nitrogen and oxygen atoms in total. The van der Waals surface area contributed by atoms with Crippen molar-refractivity contribution in [3.63, 3.8) is 0 Å². The van der Waals surface area contributed by atoms with E-state index in [0.717, 1.165) is 24.7 Å². The molecular weight excluding hydrogens is 427 g/mol. The van der Waals surface area contributed by atoms with Crippen LogP contribution in [0.5, 0.6) is 0 Å². The zero-order chi connectivity index (χ0) is 15.6. The van der Waals surface area contributed by atoms with Gasteiger partial charge in [0.15, 0.2) is 11.7 Å². The fourth-order valence-electron chi connectivity index (χ4n) is 1.86. The number of guanidine groups is 1. The van der Waals surface area contributed by atoms with Crippen LogP contribution in [0.25, 0.3) is 11.6 Å². The van der Waals surface area contributed by atoms with E-state index in [0.29, 0.717) is 18.1 Å². The van der Waals surface area contributed by atoms with Gasteiger partial charge in [-0.15, -0.1) is 29.1 Å². The maximum Gasteiger partial charge on any atom is 0.216 e. The largest absolute Gasteiger partial charge is 0.461 e. The van der Waals surface area contributed by atoms with Crippen LogP contribution in [0.1, 0.15) is 18.7 Å². The SMILES string of the molecule is CN=C(NCCCCSC)NCc1nc(-c2ccco2)n[nH]1.I. The number of hydrogen-bond acceptors (Lipinski definition) is 5. The first-order valence-corrected chi connectivity index (χ1v) is 8.61. The van der Waals surface area contributed by atoms with Gasteiger partial charge in [-0.25, -0.2) is 4.98 Å². The summed E-state index contributed by atoms with van der Waals surface area (Å²) in [5, 5.41) is 13.5. The number of nitrogens with zero attached hydrogens (tertiary/aromatic N) is 3. The Bertz CT molecular complexity index is 572. The van der Waals surface area contributed by atoms with E-state index in [1.54, 1.807) is 13.3 Å². The van der Waals surface area contributed by atoms with Gasteiger partial charge in [-0.1, -0.05) is 0 Å². The summed E-state index contributed by atoms with van der Waals surface area (Å²) < 4.78 is 5.26. The monoisotopic (exact) mass is 450 g/mol. The smallest absolute Gasteiger partial charge is 0.216 e. The van der Waals surface area contributed by atoms with E-state index in [-0.39, 0.29) is 24.0 Å². The number of halogens is 1. The second-order valence-electron chi connectivity index (χ2n) is 4.64. The van der Waals surface area contributed by atoms with Crippen LogP contribution in [0, 0.1) is 0 Å². The van der Waals surface area contributed by atoms with Gasteiger partial charge in [0.1, 0.15) is 5.82 Å². The summed E-state index contributed by atoms with van der Waals surface area (Å²) >= 11 is 1.87. The zero-order valence-corrected chi connectivity index (χ0v) is 16.5. The van der Waals surface area contributed by atoms with Gasteiger partial charge in [0.05, 0.1) is 12.8 Å². The van der Waals surface area contributed by atoms with E-state index in [2.05, 4.69) is 37.1 Å². The van der Waals surface area contributed by atoms with Crippen LogP contribution in [-0.4, -0.2) is 46.7 Å². The maximum atomic E-state index is 5.26. The minimum absolute atomic E-state index is 0. The molecule has 0 aliphatic carbocycles. The fraction of sp³-hybridized carbons (Fsp3) is 0.500. The lowest BCUT2D eigenvalue weighted by molar-refractivity contribution is 0.577. The number of unbranched alkanes of at least 4 members (excludes halogenated alkanes) is 1. The van der Waals surface area contributed by atoms with Gasteiger partial charge in [-0.2, -0.15) is 11.8 Å². The van der Waals surface area contributed by atoms with Gasteiger partial charge >= 0.3 is 0 Å². The number of aliphatic imine (C=N–C) groups is 1. The molecule has 23 heavy (non-hydrogen) atoms. The Morgan fingerprint density at radius 3 is 2.96 bits per heavy atom. The van der Waals surface area contributed by atoms with Crippen molar-refractivity contribution in [2.24, 2.45) is 4.99 Å². The molecule has 0 aliphatic rings. The highest BCUT2D eigenvalue weighted by Gasteiger charge is 2.08. The van der Waals surface area contributed by atoms with E-state index >= 15 is 0 Å². The van der Waals surface area contributed by atoms with Gasteiger partial charge in [-0.05, 0) is 37.0 Å². The van der Waals surface area contributed by atoms with Crippen molar-refractivity contribution >= 4 is 41.7 Å². The highest BCUT2D eigenvalue weighted by Crippen LogP contribution is 2.14. The van der Waals surface area contributed by atoms with Gasteiger partial charge in [0, 0.05) is 13.6 Å². The lowest BCUT2D eigenvalue weighted by Gasteiger charge is -2.10. The lowest BCUT2D eigenvalue weighted by Crippen LogP contribution is -2.37. The van der Waals surface area contributed by atoms with Crippen molar-refractivity contribution in [1.29, 1.82) is 0 Å². The Hall–Kier alpha value is -1.23. The summed E-state index contributed by atoms with van der Waals surface area (Å²) in [6.45, 7) is 1.44. The zero-order valence-electron chi connectivity index (χ0n) is 13.3. The third-order valence-corrected chi connectivity index (χ3v) is 3.68. The van der Waals surface area contributed by atoms with Crippen molar-refractivity contribution in [2.45, 2.75) is 19.4 Å². The number of aromatic nitrogens is 3. The summed E-state index contributed by atoms with van der Waals surface area (Å²) in [4.78, 5) is 8.56. The molecule has 0 fully saturated rings. The molecular formula is C14H23IN6OS. The number of furan rings is 1. The predicted octanol–water partition coefficient (Wildman–Crippen LogP) is 2.49. The van der Waals surface area contributed by atoms with Crippen molar-refractivity contribution in [3.8, 4) is 11.6 Å². The van der Waals surface area contributed by atoms with Crippen LogP contribution in [0.3, 0.4) is 0 Å². The summed E-state index contributed by atoms with van der Waals surface area (Å²) in [5.41, 5.74) is 0. The number of thioether (sulfide) groups is 1. The Balaban J connectivity index is 0.00000264. The Morgan fingerprint density at radius 1 is 1.39 bits per heavy atom. The van der Waals surface area contributed by atoms with Gasteiger partial charge in [0.25, 0.3) is 0 Å². The molecule has 0 bridgehead atoms. The molecule has 9 heteroatoms. The van der Waals surface area contributed by atoms with Crippen molar-refractivity contribution in [1.82, 2.24) is 25.8 Å². The Kier molecular flexibility index (Phi) is 9.76. The molecule has 0 aromatic carbocycles. The molecule has 2 heterocycles. The first kappa shape index (κ1) is 19.8. The molecule has 128 valence electrons. The predicted molar refractivity (Wildman–Crippen MR) is 105 cm³/mol. The maximum absolute atomic E-state index is 5.26. The molecule has 0 atom stereocenters. The van der Waals surface area contributed by atoms with E-state index in [9.17, 15) is 0 Å². The summed E-state index contributed by atoms with van der Waals surface area (Å²) in [6, 6.07) is 3.64. The molecule has 2 aromatic rings. The number of aromatic amines is 1. The van der Waals surface area contributed by atoms with Crippen LogP contribution < -0.4 is 10.6 Å². The first-order chi connectivity index (χ1) is 10.8. The normalized spacial score (nSPS) is 11.1. The highest BCUT2D eigenvalue weighted by molar-refractivity contribution is 14.0. The Morgan fingerprint density at radius 2 is 2.26 bits per heavy atom. The first-order valence-electron chi connectivity index (χ1n) is 7.22. The molecule has 0 spiro atoms. The van der Waals surface area contributed by atoms with Gasteiger partial charge in [0.2, 0.25) is 5.82 Å². The topological polar surface area (TPSA) is 91.1 Å². The van der Waals surface area contributed by atoms with E-state index in [4.69, 9.17) is 4.42 Å². The molecule has 0 saturated heterocycles. The second-order valence-corrected chi connectivity index (χ2v) is 5.62. The Labute approximate surface area is 157 Å². The quantitative estimate of drug-likeness (QED) is 0.248. The van der Waals surface area contributed by atoms with Crippen LogP contribution in [0.4, 0.5) is 0 Å². The minimum Gasteiger partial charge on any atom is -0.461 e. The van der Waals surface area contributed by atoms with Crippen LogP contribution >= 0.6 is 35.7 Å². The van der Waals surface area contributed by atoms with Crippen LogP contribution in [0.2, 0.25) is 0 Å². The third kappa shape index (κ3) is 6.81. The number of hydrogen-bond donors (Lipinski definition) is 3. The molecule has 0 saturated carbocycles. The second kappa shape index (κ2) is 11.3. The molecule has 0 unspecified atom stereocenters. The summed E-state index contributed by atoms with van der Waals surface area (Å²) in [7, 11) is 1.76. The average molecular weight is 450 g/mol. The fourth-order valence-corrected chi connectivity index (χ4v) is 2.35.